The summed E-state index contributed by atoms with van der Waals surface area (Å²) in [6.45, 7) is 1.44. The van der Waals surface area contributed by atoms with Gasteiger partial charge in [0, 0.05) is 35.8 Å². The van der Waals surface area contributed by atoms with Crippen molar-refractivity contribution < 1.29 is 23.9 Å². The van der Waals surface area contributed by atoms with Gasteiger partial charge in [0.05, 0.1) is 19.8 Å². The van der Waals surface area contributed by atoms with E-state index in [-0.39, 0.29) is 11.9 Å². The molecular weight excluding hydrogens is 465 g/mol. The Balaban J connectivity index is 1.63. The summed E-state index contributed by atoms with van der Waals surface area (Å²) in [5.74, 6) is -0.140. The number of halogens is 1. The minimum atomic E-state index is -0.549. The monoisotopic (exact) mass is 487 g/mol. The molecule has 1 N–H and O–H groups in total. The predicted molar refractivity (Wildman–Crippen MR) is 106 cm³/mol. The summed E-state index contributed by atoms with van der Waals surface area (Å²) < 4.78 is 11.3. The molecule has 1 saturated carbocycles. The number of amides is 3. The summed E-state index contributed by atoms with van der Waals surface area (Å²) in [7, 11) is 3.07. The summed E-state index contributed by atoms with van der Waals surface area (Å²) in [6.07, 6.45) is 1.87. The Morgan fingerprint density at radius 3 is 2.11 bits per heavy atom. The highest BCUT2D eigenvalue weighted by Crippen LogP contribution is 2.32. The fraction of sp³-hybridized carbons (Fsp3) is 0.500. The molecule has 1 aliphatic carbocycles. The zero-order valence-corrected chi connectivity index (χ0v) is 17.4. The first-order valence-corrected chi connectivity index (χ1v) is 9.83. The number of rotatable bonds is 4. The summed E-state index contributed by atoms with van der Waals surface area (Å²) in [4.78, 5) is 40.2. The molecule has 2 fully saturated rings. The van der Waals surface area contributed by atoms with Crippen LogP contribution in [0.25, 0.3) is 0 Å². The van der Waals surface area contributed by atoms with Crippen LogP contribution in [0.4, 0.5) is 0 Å². The van der Waals surface area contributed by atoms with Crippen molar-refractivity contribution in [2.75, 3.05) is 40.4 Å². The van der Waals surface area contributed by atoms with Crippen LogP contribution in [0.2, 0.25) is 0 Å². The quantitative estimate of drug-likeness (QED) is 0.503. The van der Waals surface area contributed by atoms with E-state index in [1.165, 1.54) is 12.0 Å². The maximum absolute atomic E-state index is 12.9. The molecule has 146 valence electrons. The van der Waals surface area contributed by atoms with Gasteiger partial charge in [-0.15, -0.1) is 0 Å². The number of carbonyl (C=O) groups is 3. The van der Waals surface area contributed by atoms with E-state index in [1.807, 2.05) is 0 Å². The molecule has 0 bridgehead atoms. The van der Waals surface area contributed by atoms with Gasteiger partial charge >= 0.3 is 11.8 Å². The van der Waals surface area contributed by atoms with Gasteiger partial charge < -0.3 is 24.6 Å². The van der Waals surface area contributed by atoms with Crippen molar-refractivity contribution >= 4 is 40.3 Å². The van der Waals surface area contributed by atoms with Crippen LogP contribution in [-0.2, 0) is 9.59 Å². The van der Waals surface area contributed by atoms with Crippen molar-refractivity contribution in [1.82, 2.24) is 15.1 Å². The highest BCUT2D eigenvalue weighted by molar-refractivity contribution is 14.1. The maximum Gasteiger partial charge on any atom is 0.312 e. The molecule has 2 aliphatic rings. The number of benzene rings is 1. The van der Waals surface area contributed by atoms with Gasteiger partial charge in [-0.05, 0) is 47.6 Å². The third-order valence-electron chi connectivity index (χ3n) is 4.66. The van der Waals surface area contributed by atoms with E-state index >= 15 is 0 Å². The average molecular weight is 487 g/mol. The maximum atomic E-state index is 12.9. The van der Waals surface area contributed by atoms with Gasteiger partial charge in [0.15, 0.2) is 11.5 Å². The van der Waals surface area contributed by atoms with Crippen LogP contribution in [0.15, 0.2) is 12.1 Å². The van der Waals surface area contributed by atoms with E-state index in [1.54, 1.807) is 24.1 Å². The smallest absolute Gasteiger partial charge is 0.312 e. The Labute approximate surface area is 171 Å². The van der Waals surface area contributed by atoms with Crippen LogP contribution in [0.1, 0.15) is 23.2 Å². The molecule has 1 aliphatic heterocycles. The van der Waals surface area contributed by atoms with E-state index in [4.69, 9.17) is 9.47 Å². The van der Waals surface area contributed by atoms with Gasteiger partial charge in [-0.3, -0.25) is 14.4 Å². The Bertz CT molecular complexity index is 758. The van der Waals surface area contributed by atoms with E-state index < -0.39 is 11.8 Å². The standard InChI is InChI=1S/C18H22IN3O5/c1-26-14-9-12(13(19)10-15(14)27-2)17(24)21-5-7-22(8-6-21)18(25)16(23)20-11-3-4-11/h9-11H,3-8H2,1-2H3,(H,20,23). The second-order valence-corrected chi connectivity index (χ2v) is 7.68. The normalized spacial score (nSPS) is 16.7. The number of nitrogens with zero attached hydrogens (tertiary/aromatic N) is 2. The van der Waals surface area contributed by atoms with Crippen LogP contribution in [-0.4, -0.2) is 74.0 Å². The zero-order chi connectivity index (χ0) is 19.6. The van der Waals surface area contributed by atoms with Crippen molar-refractivity contribution in [2.45, 2.75) is 18.9 Å². The van der Waals surface area contributed by atoms with Gasteiger partial charge in [-0.2, -0.15) is 0 Å². The second-order valence-electron chi connectivity index (χ2n) is 6.52. The first kappa shape index (κ1) is 19.7. The molecule has 0 unspecified atom stereocenters. The highest BCUT2D eigenvalue weighted by atomic mass is 127. The lowest BCUT2D eigenvalue weighted by Crippen LogP contribution is -2.54. The number of nitrogens with one attached hydrogen (secondary N) is 1. The molecule has 0 aromatic heterocycles. The van der Waals surface area contributed by atoms with E-state index in [2.05, 4.69) is 27.9 Å². The van der Waals surface area contributed by atoms with Crippen LogP contribution < -0.4 is 14.8 Å². The van der Waals surface area contributed by atoms with Crippen molar-refractivity contribution in [3.05, 3.63) is 21.3 Å². The molecule has 0 radical (unpaired) electrons. The molecule has 27 heavy (non-hydrogen) atoms. The Morgan fingerprint density at radius 1 is 1.00 bits per heavy atom. The molecule has 9 heteroatoms. The fourth-order valence-electron chi connectivity index (χ4n) is 2.92. The SMILES string of the molecule is COc1cc(I)c(C(=O)N2CCN(C(=O)C(=O)NC3CC3)CC2)cc1OC. The lowest BCUT2D eigenvalue weighted by molar-refractivity contribution is -0.146. The molecule has 1 heterocycles. The topological polar surface area (TPSA) is 88.2 Å². The molecule has 8 nitrogen and oxygen atoms in total. The number of ether oxygens (including phenoxy) is 2. The Hall–Kier alpha value is -2.04. The summed E-state index contributed by atoms with van der Waals surface area (Å²) in [5, 5.41) is 2.70. The first-order chi connectivity index (χ1) is 12.9. The molecule has 1 aromatic carbocycles. The van der Waals surface area contributed by atoms with Crippen LogP contribution in [0.5, 0.6) is 11.5 Å². The fourth-order valence-corrected chi connectivity index (χ4v) is 3.59. The van der Waals surface area contributed by atoms with Gasteiger partial charge in [0.2, 0.25) is 0 Å². The molecule has 0 spiro atoms. The molecule has 3 amide bonds. The van der Waals surface area contributed by atoms with Gasteiger partial charge in [0.25, 0.3) is 5.91 Å². The zero-order valence-electron chi connectivity index (χ0n) is 15.3. The Morgan fingerprint density at radius 2 is 1.56 bits per heavy atom. The lowest BCUT2D eigenvalue weighted by Gasteiger charge is -2.34. The average Bonchev–Trinajstić information content (AvgIpc) is 3.50. The molecule has 1 aromatic rings. The number of piperazine rings is 1. The largest absolute Gasteiger partial charge is 0.493 e. The Kier molecular flexibility index (Phi) is 6.08. The number of carbonyl (C=O) groups excluding carboxylic acids is 3. The summed E-state index contributed by atoms with van der Waals surface area (Å²) in [5.41, 5.74) is 0.527. The minimum Gasteiger partial charge on any atom is -0.493 e. The third kappa shape index (κ3) is 4.45. The first-order valence-electron chi connectivity index (χ1n) is 8.75. The van der Waals surface area contributed by atoms with E-state index in [0.717, 1.165) is 16.4 Å². The minimum absolute atomic E-state index is 0.130. The van der Waals surface area contributed by atoms with E-state index in [9.17, 15) is 14.4 Å². The van der Waals surface area contributed by atoms with Crippen molar-refractivity contribution in [3.63, 3.8) is 0 Å². The molecular formula is C18H22IN3O5. The van der Waals surface area contributed by atoms with Crippen LogP contribution in [0.3, 0.4) is 0 Å². The highest BCUT2D eigenvalue weighted by Gasteiger charge is 2.32. The molecule has 3 rings (SSSR count). The number of hydrogen-bond donors (Lipinski definition) is 1. The molecule has 1 saturated heterocycles. The summed E-state index contributed by atoms with van der Waals surface area (Å²) in [6, 6.07) is 3.58. The lowest BCUT2D eigenvalue weighted by atomic mass is 10.1. The number of methoxy groups -OCH3 is 2. The molecule has 0 atom stereocenters. The van der Waals surface area contributed by atoms with Crippen LogP contribution in [0, 0.1) is 3.57 Å². The van der Waals surface area contributed by atoms with Crippen molar-refractivity contribution in [3.8, 4) is 11.5 Å². The van der Waals surface area contributed by atoms with Crippen LogP contribution >= 0.6 is 22.6 Å². The van der Waals surface area contributed by atoms with Gasteiger partial charge in [0.1, 0.15) is 0 Å². The predicted octanol–water partition coefficient (Wildman–Crippen LogP) is 0.871. The third-order valence-corrected chi connectivity index (χ3v) is 5.56. The van der Waals surface area contributed by atoms with E-state index in [0.29, 0.717) is 43.2 Å². The second kappa shape index (κ2) is 8.32. The van der Waals surface area contributed by atoms with Crippen molar-refractivity contribution in [1.29, 1.82) is 0 Å². The van der Waals surface area contributed by atoms with Gasteiger partial charge in [-0.1, -0.05) is 0 Å². The number of hydrogen-bond acceptors (Lipinski definition) is 5. The van der Waals surface area contributed by atoms with Crippen molar-refractivity contribution in [2.24, 2.45) is 0 Å². The summed E-state index contributed by atoms with van der Waals surface area (Å²) >= 11 is 2.09. The van der Waals surface area contributed by atoms with Gasteiger partial charge in [-0.25, -0.2) is 0 Å².